The van der Waals surface area contributed by atoms with Gasteiger partial charge in [-0.05, 0) is 66.3 Å². The van der Waals surface area contributed by atoms with E-state index in [1.54, 1.807) is 37.5 Å². The van der Waals surface area contributed by atoms with E-state index >= 15 is 0 Å². The minimum atomic E-state index is -0.546. The normalized spacial score (nSPS) is 15.4. The molecule has 0 unspecified atom stereocenters. The highest BCUT2D eigenvalue weighted by Crippen LogP contribution is 2.32. The molecule has 0 atom stereocenters. The Kier molecular flexibility index (Phi) is 5.68. The lowest BCUT2D eigenvalue weighted by molar-refractivity contribution is -0.122. The van der Waals surface area contributed by atoms with Crippen LogP contribution in [-0.4, -0.2) is 30.6 Å². The number of thiocarbonyl (C=S) groups is 1. The van der Waals surface area contributed by atoms with Crippen molar-refractivity contribution in [3.05, 3.63) is 71.8 Å². The standard InChI is InChI=1S/C24H20N2O4S/c1-3-30-21-13-8-15-6-4-5-7-18(15)19(21)14-20-22(27)25-24(31)26(23(20)28)16-9-11-17(29-2)12-10-16/h4-14H,3H2,1-2H3,(H,25,27,31)/b20-14+. The highest BCUT2D eigenvalue weighted by molar-refractivity contribution is 7.80. The maximum absolute atomic E-state index is 13.3. The number of hydrogen-bond acceptors (Lipinski definition) is 5. The topological polar surface area (TPSA) is 67.9 Å². The SMILES string of the molecule is CCOc1ccc2ccccc2c1/C=C1\C(=O)NC(=S)N(c2ccc(OC)cc2)C1=O. The Bertz CT molecular complexity index is 1220. The zero-order chi connectivity index (χ0) is 22.0. The van der Waals surface area contributed by atoms with Gasteiger partial charge in [-0.3, -0.25) is 19.8 Å². The fraction of sp³-hybridized carbons (Fsp3) is 0.125. The van der Waals surface area contributed by atoms with Gasteiger partial charge in [-0.15, -0.1) is 0 Å². The van der Waals surface area contributed by atoms with Crippen LogP contribution in [0.5, 0.6) is 11.5 Å². The van der Waals surface area contributed by atoms with Crippen molar-refractivity contribution in [2.75, 3.05) is 18.6 Å². The maximum atomic E-state index is 13.3. The van der Waals surface area contributed by atoms with Crippen molar-refractivity contribution in [1.82, 2.24) is 5.32 Å². The van der Waals surface area contributed by atoms with Gasteiger partial charge in [0.1, 0.15) is 17.1 Å². The van der Waals surface area contributed by atoms with Gasteiger partial charge < -0.3 is 9.47 Å². The fourth-order valence-electron chi connectivity index (χ4n) is 3.47. The first kappa shape index (κ1) is 20.6. The Balaban J connectivity index is 1.83. The zero-order valence-corrected chi connectivity index (χ0v) is 17.9. The number of anilines is 1. The van der Waals surface area contributed by atoms with E-state index in [1.807, 2.05) is 43.3 Å². The number of nitrogens with zero attached hydrogens (tertiary/aromatic N) is 1. The molecule has 0 radical (unpaired) electrons. The Hall–Kier alpha value is -3.71. The Morgan fingerprint density at radius 1 is 1.03 bits per heavy atom. The highest BCUT2D eigenvalue weighted by Gasteiger charge is 2.34. The first-order valence-electron chi connectivity index (χ1n) is 9.73. The lowest BCUT2D eigenvalue weighted by Gasteiger charge is -2.29. The molecule has 1 fully saturated rings. The van der Waals surface area contributed by atoms with E-state index < -0.39 is 11.8 Å². The minimum Gasteiger partial charge on any atom is -0.497 e. The van der Waals surface area contributed by atoms with Gasteiger partial charge in [-0.25, -0.2) is 0 Å². The second-order valence-electron chi connectivity index (χ2n) is 6.79. The van der Waals surface area contributed by atoms with Crippen LogP contribution in [0.2, 0.25) is 0 Å². The predicted octanol–water partition coefficient (Wildman–Crippen LogP) is 4.08. The Morgan fingerprint density at radius 3 is 2.48 bits per heavy atom. The van der Waals surface area contributed by atoms with Crippen molar-refractivity contribution >= 4 is 51.7 Å². The van der Waals surface area contributed by atoms with Crippen molar-refractivity contribution in [3.63, 3.8) is 0 Å². The van der Waals surface area contributed by atoms with Crippen molar-refractivity contribution in [1.29, 1.82) is 0 Å². The van der Waals surface area contributed by atoms with Crippen LogP contribution in [-0.2, 0) is 9.59 Å². The molecule has 156 valence electrons. The molecule has 3 aromatic rings. The highest BCUT2D eigenvalue weighted by atomic mass is 32.1. The van der Waals surface area contributed by atoms with Gasteiger partial charge in [0.05, 0.1) is 19.4 Å². The average Bonchev–Trinajstić information content (AvgIpc) is 2.78. The number of benzene rings is 3. The summed E-state index contributed by atoms with van der Waals surface area (Å²) in [5.41, 5.74) is 1.17. The quantitative estimate of drug-likeness (QED) is 0.374. The first-order chi connectivity index (χ1) is 15.0. The molecule has 1 aliphatic rings. The van der Waals surface area contributed by atoms with Crippen LogP contribution in [0.3, 0.4) is 0 Å². The smallest absolute Gasteiger partial charge is 0.270 e. The second kappa shape index (κ2) is 8.57. The number of amides is 2. The van der Waals surface area contributed by atoms with Crippen molar-refractivity contribution < 1.29 is 19.1 Å². The summed E-state index contributed by atoms with van der Waals surface area (Å²) < 4.78 is 10.9. The van der Waals surface area contributed by atoms with Crippen LogP contribution in [0.15, 0.2) is 66.2 Å². The molecule has 3 aromatic carbocycles. The van der Waals surface area contributed by atoms with Crippen molar-refractivity contribution in [3.8, 4) is 11.5 Å². The molecule has 0 spiro atoms. The molecule has 0 aliphatic carbocycles. The van der Waals surface area contributed by atoms with E-state index in [9.17, 15) is 9.59 Å². The lowest BCUT2D eigenvalue weighted by atomic mass is 9.99. The van der Waals surface area contributed by atoms with E-state index in [1.165, 1.54) is 4.90 Å². The van der Waals surface area contributed by atoms with Gasteiger partial charge in [-0.1, -0.05) is 30.3 Å². The summed E-state index contributed by atoms with van der Waals surface area (Å²) in [5.74, 6) is 0.193. The molecular weight excluding hydrogens is 412 g/mol. The molecule has 0 aromatic heterocycles. The van der Waals surface area contributed by atoms with Gasteiger partial charge >= 0.3 is 0 Å². The summed E-state index contributed by atoms with van der Waals surface area (Å²) in [5, 5.41) is 4.50. The number of ether oxygens (including phenoxy) is 2. The van der Waals surface area contributed by atoms with E-state index in [2.05, 4.69) is 5.32 Å². The van der Waals surface area contributed by atoms with Gasteiger partial charge in [0.15, 0.2) is 5.11 Å². The van der Waals surface area contributed by atoms with Gasteiger partial charge in [-0.2, -0.15) is 0 Å². The second-order valence-corrected chi connectivity index (χ2v) is 7.17. The van der Waals surface area contributed by atoms with Crippen molar-refractivity contribution in [2.45, 2.75) is 6.92 Å². The van der Waals surface area contributed by atoms with Crippen LogP contribution in [0.25, 0.3) is 16.8 Å². The van der Waals surface area contributed by atoms with E-state index in [0.29, 0.717) is 29.4 Å². The maximum Gasteiger partial charge on any atom is 0.270 e. The molecule has 6 nitrogen and oxygen atoms in total. The van der Waals surface area contributed by atoms with Gasteiger partial charge in [0.2, 0.25) is 0 Å². The third-order valence-electron chi connectivity index (χ3n) is 4.95. The molecular formula is C24H20N2O4S. The molecule has 1 aliphatic heterocycles. The number of methoxy groups -OCH3 is 1. The van der Waals surface area contributed by atoms with Crippen LogP contribution in [0.1, 0.15) is 12.5 Å². The third kappa shape index (κ3) is 3.87. The summed E-state index contributed by atoms with van der Waals surface area (Å²) in [6, 6.07) is 18.4. The molecule has 1 saturated heterocycles. The average molecular weight is 433 g/mol. The molecule has 1 heterocycles. The summed E-state index contributed by atoms with van der Waals surface area (Å²) in [6.45, 7) is 2.34. The van der Waals surface area contributed by atoms with Crippen LogP contribution < -0.4 is 19.7 Å². The number of hydrogen-bond donors (Lipinski definition) is 1. The van der Waals surface area contributed by atoms with Crippen LogP contribution in [0, 0.1) is 0 Å². The molecule has 0 bridgehead atoms. The molecule has 1 N–H and O–H groups in total. The summed E-state index contributed by atoms with van der Waals surface area (Å²) in [7, 11) is 1.56. The van der Waals surface area contributed by atoms with Crippen LogP contribution in [0.4, 0.5) is 5.69 Å². The zero-order valence-electron chi connectivity index (χ0n) is 17.0. The molecule has 7 heteroatoms. The number of rotatable bonds is 5. The number of carbonyl (C=O) groups is 2. The molecule has 4 rings (SSSR count). The van der Waals surface area contributed by atoms with Gasteiger partial charge in [0.25, 0.3) is 11.8 Å². The lowest BCUT2D eigenvalue weighted by Crippen LogP contribution is -2.54. The summed E-state index contributed by atoms with van der Waals surface area (Å²) in [4.78, 5) is 27.4. The van der Waals surface area contributed by atoms with Crippen LogP contribution >= 0.6 is 12.2 Å². The third-order valence-corrected chi connectivity index (χ3v) is 5.24. The van der Waals surface area contributed by atoms with E-state index in [0.717, 1.165) is 10.8 Å². The Labute approximate surface area is 185 Å². The predicted molar refractivity (Wildman–Crippen MR) is 124 cm³/mol. The largest absolute Gasteiger partial charge is 0.497 e. The molecule has 31 heavy (non-hydrogen) atoms. The number of nitrogens with one attached hydrogen (secondary N) is 1. The molecule has 0 saturated carbocycles. The van der Waals surface area contributed by atoms with E-state index in [4.69, 9.17) is 21.7 Å². The summed E-state index contributed by atoms with van der Waals surface area (Å²) >= 11 is 5.28. The van der Waals surface area contributed by atoms with Gasteiger partial charge in [0, 0.05) is 5.56 Å². The number of carbonyl (C=O) groups excluding carboxylic acids is 2. The summed E-state index contributed by atoms with van der Waals surface area (Å²) in [6.07, 6.45) is 1.57. The Morgan fingerprint density at radius 2 is 1.77 bits per heavy atom. The van der Waals surface area contributed by atoms with E-state index in [-0.39, 0.29) is 10.7 Å². The fourth-order valence-corrected chi connectivity index (χ4v) is 3.75. The monoisotopic (exact) mass is 432 g/mol. The van der Waals surface area contributed by atoms with Crippen molar-refractivity contribution in [2.24, 2.45) is 0 Å². The molecule has 2 amide bonds. The minimum absolute atomic E-state index is 0.0262. The number of fused-ring (bicyclic) bond motifs is 1. The first-order valence-corrected chi connectivity index (χ1v) is 10.1.